The fourth-order valence-electron chi connectivity index (χ4n) is 3.55. The van der Waals surface area contributed by atoms with Gasteiger partial charge in [-0.05, 0) is 31.9 Å². The third-order valence-electron chi connectivity index (χ3n) is 4.98. The summed E-state index contributed by atoms with van der Waals surface area (Å²) in [6.45, 7) is 2.61. The van der Waals surface area contributed by atoms with Gasteiger partial charge < -0.3 is 14.7 Å². The van der Waals surface area contributed by atoms with E-state index in [0.29, 0.717) is 24.9 Å². The molecule has 0 spiro atoms. The van der Waals surface area contributed by atoms with Crippen molar-refractivity contribution in [3.63, 3.8) is 0 Å². The first-order valence-corrected chi connectivity index (χ1v) is 8.60. The number of carboxylic acid groups (broad SMARTS) is 1. The van der Waals surface area contributed by atoms with E-state index in [1.54, 1.807) is 15.8 Å². The summed E-state index contributed by atoms with van der Waals surface area (Å²) >= 11 is 0. The molecule has 1 aliphatic rings. The van der Waals surface area contributed by atoms with Gasteiger partial charge in [0.05, 0.1) is 29.7 Å². The number of methoxy groups -OCH3 is 1. The van der Waals surface area contributed by atoms with Gasteiger partial charge in [-0.25, -0.2) is 4.68 Å². The second-order valence-electron chi connectivity index (χ2n) is 6.74. The van der Waals surface area contributed by atoms with Crippen LogP contribution in [0.3, 0.4) is 0 Å². The van der Waals surface area contributed by atoms with Crippen molar-refractivity contribution >= 4 is 11.9 Å². The number of rotatable bonds is 5. The van der Waals surface area contributed by atoms with Crippen molar-refractivity contribution in [1.82, 2.24) is 14.7 Å². The molecule has 0 bridgehead atoms. The molecule has 138 valence electrons. The van der Waals surface area contributed by atoms with E-state index >= 15 is 0 Å². The topological polar surface area (TPSA) is 84.7 Å². The van der Waals surface area contributed by atoms with Crippen molar-refractivity contribution < 1.29 is 19.4 Å². The average Bonchev–Trinajstić information content (AvgIpc) is 3.03. The number of hydrogen-bond acceptors (Lipinski definition) is 4. The first kappa shape index (κ1) is 18.1. The van der Waals surface area contributed by atoms with E-state index in [0.717, 1.165) is 11.4 Å². The van der Waals surface area contributed by atoms with E-state index in [4.69, 9.17) is 4.74 Å². The molecule has 1 amide bonds. The largest absolute Gasteiger partial charge is 0.481 e. The monoisotopic (exact) mass is 357 g/mol. The highest BCUT2D eigenvalue weighted by Crippen LogP contribution is 2.32. The average molecular weight is 357 g/mol. The van der Waals surface area contributed by atoms with Crippen LogP contribution in [0.2, 0.25) is 0 Å². The molecule has 1 aromatic carbocycles. The maximum atomic E-state index is 13.0. The zero-order valence-corrected chi connectivity index (χ0v) is 15.0. The minimum Gasteiger partial charge on any atom is -0.481 e. The number of nitrogens with zero attached hydrogens (tertiary/aromatic N) is 3. The fraction of sp³-hybridized carbons (Fsp3) is 0.421. The molecule has 1 N–H and O–H groups in total. The third kappa shape index (κ3) is 3.22. The van der Waals surface area contributed by atoms with Crippen LogP contribution in [0.5, 0.6) is 0 Å². The number of benzene rings is 1. The van der Waals surface area contributed by atoms with Gasteiger partial charge in [-0.15, -0.1) is 0 Å². The van der Waals surface area contributed by atoms with Gasteiger partial charge in [0, 0.05) is 20.2 Å². The molecule has 0 saturated carbocycles. The van der Waals surface area contributed by atoms with Gasteiger partial charge >= 0.3 is 5.97 Å². The number of carbonyl (C=O) groups is 2. The number of para-hydroxylation sites is 1. The number of carbonyl (C=O) groups excluding carboxylic acids is 1. The number of likely N-dealkylation sites (tertiary alicyclic amines) is 1. The zero-order valence-electron chi connectivity index (χ0n) is 15.0. The second-order valence-corrected chi connectivity index (χ2v) is 6.74. The second kappa shape index (κ2) is 7.29. The summed E-state index contributed by atoms with van der Waals surface area (Å²) in [5.74, 6) is -1.11. The van der Waals surface area contributed by atoms with Crippen LogP contribution in [0.15, 0.2) is 36.5 Å². The van der Waals surface area contributed by atoms with Crippen molar-refractivity contribution in [3.05, 3.63) is 47.8 Å². The molecule has 1 atom stereocenters. The van der Waals surface area contributed by atoms with Crippen LogP contribution >= 0.6 is 0 Å². The van der Waals surface area contributed by atoms with Gasteiger partial charge in [-0.2, -0.15) is 5.10 Å². The Kier molecular flexibility index (Phi) is 5.08. The molecule has 1 unspecified atom stereocenters. The number of ether oxygens (including phenoxy) is 1. The van der Waals surface area contributed by atoms with Crippen LogP contribution in [0.25, 0.3) is 5.69 Å². The summed E-state index contributed by atoms with van der Waals surface area (Å²) in [7, 11) is 1.49. The Labute approximate surface area is 152 Å². The number of hydrogen-bond donors (Lipinski definition) is 1. The van der Waals surface area contributed by atoms with Gasteiger partial charge in [0.1, 0.15) is 5.41 Å². The molecular formula is C19H23N3O4. The summed E-state index contributed by atoms with van der Waals surface area (Å²) in [6.07, 6.45) is 2.69. The molecule has 3 rings (SSSR count). The predicted molar refractivity (Wildman–Crippen MR) is 95.4 cm³/mol. The normalized spacial score (nSPS) is 20.2. The third-order valence-corrected chi connectivity index (χ3v) is 4.98. The number of amides is 1. The van der Waals surface area contributed by atoms with Crippen LogP contribution in [-0.2, 0) is 9.53 Å². The van der Waals surface area contributed by atoms with E-state index in [-0.39, 0.29) is 19.1 Å². The summed E-state index contributed by atoms with van der Waals surface area (Å²) in [5, 5.41) is 14.0. The predicted octanol–water partition coefficient (Wildman–Crippen LogP) is 2.13. The molecule has 7 nitrogen and oxygen atoms in total. The summed E-state index contributed by atoms with van der Waals surface area (Å²) in [5.41, 5.74) is 1.06. The van der Waals surface area contributed by atoms with Crippen molar-refractivity contribution in [3.8, 4) is 5.69 Å². The summed E-state index contributed by atoms with van der Waals surface area (Å²) in [6, 6.07) is 9.58. The minimum atomic E-state index is -1.05. The molecule has 0 radical (unpaired) electrons. The Hall–Kier alpha value is -2.67. The Bertz CT molecular complexity index is 798. The first-order chi connectivity index (χ1) is 12.5. The van der Waals surface area contributed by atoms with Gasteiger partial charge in [0.2, 0.25) is 0 Å². The maximum Gasteiger partial charge on any atom is 0.313 e. The highest BCUT2D eigenvalue weighted by Gasteiger charge is 2.44. The number of piperidine rings is 1. The minimum absolute atomic E-state index is 0.0916. The first-order valence-electron chi connectivity index (χ1n) is 8.60. The lowest BCUT2D eigenvalue weighted by molar-refractivity contribution is -0.155. The number of aromatic nitrogens is 2. The molecule has 0 aliphatic carbocycles. The fourth-order valence-corrected chi connectivity index (χ4v) is 3.55. The molecule has 1 saturated heterocycles. The Morgan fingerprint density at radius 3 is 2.69 bits per heavy atom. The van der Waals surface area contributed by atoms with Crippen LogP contribution in [-0.4, -0.2) is 58.5 Å². The van der Waals surface area contributed by atoms with Gasteiger partial charge in [0.15, 0.2) is 0 Å². The van der Waals surface area contributed by atoms with Gasteiger partial charge in [-0.3, -0.25) is 9.59 Å². The van der Waals surface area contributed by atoms with E-state index in [1.807, 2.05) is 37.3 Å². The molecule has 1 aromatic heterocycles. The highest BCUT2D eigenvalue weighted by molar-refractivity contribution is 5.95. The Balaban J connectivity index is 1.86. The standard InChI is InChI=1S/C19H23N3O4/c1-14-16(11-20-22(14)15-7-4-3-5-8-15)17(23)21-10-6-9-19(12-21,13-26-2)18(24)25/h3-5,7-8,11H,6,9-10,12-13H2,1-2H3,(H,24,25). The molecule has 7 heteroatoms. The maximum absolute atomic E-state index is 13.0. The van der Waals surface area contributed by atoms with Gasteiger partial charge in [0.25, 0.3) is 5.91 Å². The lowest BCUT2D eigenvalue weighted by atomic mass is 9.80. The number of aliphatic carboxylic acids is 1. The summed E-state index contributed by atoms with van der Waals surface area (Å²) in [4.78, 5) is 26.4. The quantitative estimate of drug-likeness (QED) is 0.886. The molecule has 2 heterocycles. The molecule has 2 aromatic rings. The summed E-state index contributed by atoms with van der Waals surface area (Å²) < 4.78 is 6.85. The molecular weight excluding hydrogens is 334 g/mol. The van der Waals surface area contributed by atoms with Crippen LogP contribution in [0.1, 0.15) is 28.9 Å². The molecule has 1 aliphatic heterocycles. The zero-order chi connectivity index (χ0) is 18.7. The van der Waals surface area contributed by atoms with Crippen molar-refractivity contribution in [2.45, 2.75) is 19.8 Å². The number of carboxylic acids is 1. The van der Waals surface area contributed by atoms with Crippen LogP contribution in [0.4, 0.5) is 0 Å². The highest BCUT2D eigenvalue weighted by atomic mass is 16.5. The van der Waals surface area contributed by atoms with Crippen molar-refractivity contribution in [2.24, 2.45) is 5.41 Å². The van der Waals surface area contributed by atoms with Crippen LogP contribution < -0.4 is 0 Å². The lowest BCUT2D eigenvalue weighted by Gasteiger charge is -2.39. The SMILES string of the molecule is COCC1(C(=O)O)CCCN(C(=O)c2cnn(-c3ccccc3)c2C)C1. The van der Waals surface area contributed by atoms with Crippen molar-refractivity contribution in [1.29, 1.82) is 0 Å². The lowest BCUT2D eigenvalue weighted by Crippen LogP contribution is -2.52. The Morgan fingerprint density at radius 1 is 1.31 bits per heavy atom. The smallest absolute Gasteiger partial charge is 0.313 e. The van der Waals surface area contributed by atoms with E-state index in [2.05, 4.69) is 5.10 Å². The van der Waals surface area contributed by atoms with E-state index in [9.17, 15) is 14.7 Å². The van der Waals surface area contributed by atoms with Gasteiger partial charge in [-0.1, -0.05) is 18.2 Å². The van der Waals surface area contributed by atoms with E-state index < -0.39 is 11.4 Å². The van der Waals surface area contributed by atoms with E-state index in [1.165, 1.54) is 7.11 Å². The molecule has 1 fully saturated rings. The van der Waals surface area contributed by atoms with Crippen molar-refractivity contribution in [2.75, 3.05) is 26.8 Å². The van der Waals surface area contributed by atoms with Crippen LogP contribution in [0, 0.1) is 12.3 Å². The molecule has 26 heavy (non-hydrogen) atoms. The Morgan fingerprint density at radius 2 is 2.04 bits per heavy atom.